The average molecular weight is 311 g/mol. The van der Waals surface area contributed by atoms with Gasteiger partial charge in [0.05, 0.1) is 12.7 Å². The van der Waals surface area contributed by atoms with Gasteiger partial charge in [0.25, 0.3) is 0 Å². The number of hydrogen-bond acceptors (Lipinski definition) is 3. The number of terminal acetylenes is 1. The van der Waals surface area contributed by atoms with Gasteiger partial charge in [-0.05, 0) is 12.0 Å². The molecule has 0 bridgehead atoms. The third-order valence-corrected chi connectivity index (χ3v) is 3.00. The van der Waals surface area contributed by atoms with E-state index in [9.17, 15) is 13.9 Å². The monoisotopic (exact) mass is 311 g/mol. The molecule has 122 valence electrons. The van der Waals surface area contributed by atoms with Crippen LogP contribution in [0.25, 0.3) is 0 Å². The Morgan fingerprint density at radius 2 is 2.05 bits per heavy atom. The summed E-state index contributed by atoms with van der Waals surface area (Å²) in [4.78, 5) is 1.92. The number of benzene rings is 1. The zero-order valence-corrected chi connectivity index (χ0v) is 13.1. The van der Waals surface area contributed by atoms with Gasteiger partial charge in [0.15, 0.2) is 0 Å². The highest BCUT2D eigenvalue weighted by Crippen LogP contribution is 2.14. The molecule has 0 radical (unpaired) electrons. The van der Waals surface area contributed by atoms with E-state index in [1.54, 1.807) is 0 Å². The highest BCUT2D eigenvalue weighted by atomic mass is 19.1. The second kappa shape index (κ2) is 9.52. The highest BCUT2D eigenvalue weighted by molar-refractivity contribution is 5.18. The Kier molecular flexibility index (Phi) is 8.03. The number of hydrogen-bond donors (Lipinski definition) is 1. The van der Waals surface area contributed by atoms with Crippen LogP contribution in [0.3, 0.4) is 0 Å². The second-order valence-electron chi connectivity index (χ2n) is 5.70. The molecule has 1 rings (SSSR count). The average Bonchev–Trinajstić information content (AvgIpc) is 2.41. The van der Waals surface area contributed by atoms with E-state index in [0.29, 0.717) is 31.1 Å². The summed E-state index contributed by atoms with van der Waals surface area (Å²) in [7, 11) is 0. The first-order chi connectivity index (χ1) is 10.4. The highest BCUT2D eigenvalue weighted by Gasteiger charge is 2.16. The van der Waals surface area contributed by atoms with Crippen molar-refractivity contribution in [3.05, 3.63) is 35.4 Å². The molecule has 5 heteroatoms. The predicted octanol–water partition coefficient (Wildman–Crippen LogP) is 2.43. The number of halogens is 2. The van der Waals surface area contributed by atoms with Gasteiger partial charge >= 0.3 is 0 Å². The van der Waals surface area contributed by atoms with Crippen LogP contribution in [0.5, 0.6) is 0 Å². The maximum Gasteiger partial charge on any atom is 0.130 e. The Morgan fingerprint density at radius 1 is 1.32 bits per heavy atom. The summed E-state index contributed by atoms with van der Waals surface area (Å²) < 4.78 is 31.8. The van der Waals surface area contributed by atoms with E-state index in [0.717, 1.165) is 6.07 Å². The van der Waals surface area contributed by atoms with E-state index in [2.05, 4.69) is 5.92 Å². The van der Waals surface area contributed by atoms with Crippen LogP contribution in [0.1, 0.15) is 19.4 Å². The fourth-order valence-electron chi connectivity index (χ4n) is 2.22. The molecular weight excluding hydrogens is 288 g/mol. The molecule has 0 spiro atoms. The van der Waals surface area contributed by atoms with Crippen molar-refractivity contribution in [3.8, 4) is 12.3 Å². The van der Waals surface area contributed by atoms with Gasteiger partial charge in [-0.25, -0.2) is 8.78 Å². The van der Waals surface area contributed by atoms with Gasteiger partial charge in [0.1, 0.15) is 18.2 Å². The van der Waals surface area contributed by atoms with E-state index in [4.69, 9.17) is 11.2 Å². The van der Waals surface area contributed by atoms with Crippen molar-refractivity contribution >= 4 is 0 Å². The Hall–Kier alpha value is -1.48. The summed E-state index contributed by atoms with van der Waals surface area (Å²) in [5, 5.41) is 9.96. The van der Waals surface area contributed by atoms with Crippen LogP contribution in [-0.4, -0.2) is 42.4 Å². The maximum absolute atomic E-state index is 13.8. The van der Waals surface area contributed by atoms with Crippen molar-refractivity contribution in [1.29, 1.82) is 0 Å². The second-order valence-corrected chi connectivity index (χ2v) is 5.70. The number of aliphatic hydroxyl groups is 1. The molecule has 1 aromatic carbocycles. The zero-order chi connectivity index (χ0) is 16.5. The van der Waals surface area contributed by atoms with Crippen LogP contribution in [0, 0.1) is 29.9 Å². The third-order valence-electron chi connectivity index (χ3n) is 3.00. The summed E-state index contributed by atoms with van der Waals surface area (Å²) in [6.45, 7) is 5.67. The van der Waals surface area contributed by atoms with Gasteiger partial charge in [-0.2, -0.15) is 0 Å². The molecule has 0 aliphatic carbocycles. The number of rotatable bonds is 9. The van der Waals surface area contributed by atoms with E-state index in [1.807, 2.05) is 18.7 Å². The molecule has 1 N–H and O–H groups in total. The van der Waals surface area contributed by atoms with Crippen molar-refractivity contribution in [1.82, 2.24) is 4.90 Å². The van der Waals surface area contributed by atoms with Gasteiger partial charge in [-0.3, -0.25) is 4.90 Å². The molecule has 0 saturated heterocycles. The molecule has 0 saturated carbocycles. The maximum atomic E-state index is 13.8. The van der Waals surface area contributed by atoms with Crippen molar-refractivity contribution in [3.63, 3.8) is 0 Å². The molecule has 0 heterocycles. The lowest BCUT2D eigenvalue weighted by Crippen LogP contribution is -2.37. The van der Waals surface area contributed by atoms with E-state index >= 15 is 0 Å². The SMILES string of the molecule is C#CCOC[C@@H](O)CN(Cc1ccc(F)cc1F)CC(C)C. The quantitative estimate of drug-likeness (QED) is 0.562. The summed E-state index contributed by atoms with van der Waals surface area (Å²) in [5.74, 6) is 1.50. The van der Waals surface area contributed by atoms with Crippen LogP contribution in [0.15, 0.2) is 18.2 Å². The van der Waals surface area contributed by atoms with Crippen molar-refractivity contribution in [2.75, 3.05) is 26.3 Å². The van der Waals surface area contributed by atoms with Gasteiger partial charge < -0.3 is 9.84 Å². The molecule has 0 amide bonds. The van der Waals surface area contributed by atoms with E-state index < -0.39 is 17.7 Å². The minimum Gasteiger partial charge on any atom is -0.389 e. The van der Waals surface area contributed by atoms with Gasteiger partial charge in [0, 0.05) is 31.3 Å². The lowest BCUT2D eigenvalue weighted by Gasteiger charge is -2.26. The molecule has 0 aliphatic heterocycles. The van der Waals surface area contributed by atoms with Crippen molar-refractivity contribution in [2.45, 2.75) is 26.5 Å². The van der Waals surface area contributed by atoms with Gasteiger partial charge in [-0.15, -0.1) is 6.42 Å². The zero-order valence-electron chi connectivity index (χ0n) is 13.1. The molecular formula is C17H23F2NO2. The fourth-order valence-corrected chi connectivity index (χ4v) is 2.22. The first-order valence-corrected chi connectivity index (χ1v) is 7.28. The molecule has 3 nitrogen and oxygen atoms in total. The molecule has 0 unspecified atom stereocenters. The molecule has 0 aromatic heterocycles. The topological polar surface area (TPSA) is 32.7 Å². The minimum atomic E-state index is -0.712. The largest absolute Gasteiger partial charge is 0.389 e. The molecule has 1 atom stereocenters. The lowest BCUT2D eigenvalue weighted by atomic mass is 10.1. The lowest BCUT2D eigenvalue weighted by molar-refractivity contribution is 0.0235. The Balaban J connectivity index is 2.65. The fraction of sp³-hybridized carbons (Fsp3) is 0.529. The van der Waals surface area contributed by atoms with E-state index in [1.165, 1.54) is 12.1 Å². The predicted molar refractivity (Wildman–Crippen MR) is 82.1 cm³/mol. The normalized spacial score (nSPS) is 12.6. The van der Waals surface area contributed by atoms with Crippen LogP contribution in [0.2, 0.25) is 0 Å². The van der Waals surface area contributed by atoms with Crippen LogP contribution >= 0.6 is 0 Å². The first kappa shape index (κ1) is 18.6. The van der Waals surface area contributed by atoms with Crippen LogP contribution < -0.4 is 0 Å². The molecule has 0 fully saturated rings. The van der Waals surface area contributed by atoms with Crippen LogP contribution in [0.4, 0.5) is 8.78 Å². The molecule has 22 heavy (non-hydrogen) atoms. The standard InChI is InChI=1S/C17H23F2NO2/c1-4-7-22-12-16(21)11-20(9-13(2)3)10-14-5-6-15(18)8-17(14)19/h1,5-6,8,13,16,21H,7,9-12H2,2-3H3/t16-/m0/s1. The van der Waals surface area contributed by atoms with Crippen molar-refractivity contribution in [2.24, 2.45) is 5.92 Å². The number of nitrogens with zero attached hydrogens (tertiary/aromatic N) is 1. The third kappa shape index (κ3) is 6.99. The Bertz CT molecular complexity index is 500. The van der Waals surface area contributed by atoms with Gasteiger partial charge in [-0.1, -0.05) is 25.8 Å². The summed E-state index contributed by atoms with van der Waals surface area (Å²) in [6, 6.07) is 3.53. The Morgan fingerprint density at radius 3 is 2.64 bits per heavy atom. The Labute approximate surface area is 130 Å². The van der Waals surface area contributed by atoms with E-state index in [-0.39, 0.29) is 13.2 Å². The van der Waals surface area contributed by atoms with Gasteiger partial charge in [0.2, 0.25) is 0 Å². The first-order valence-electron chi connectivity index (χ1n) is 7.28. The number of ether oxygens (including phenoxy) is 1. The number of aliphatic hydroxyl groups excluding tert-OH is 1. The van der Waals surface area contributed by atoms with Crippen molar-refractivity contribution < 1.29 is 18.6 Å². The molecule has 1 aromatic rings. The summed E-state index contributed by atoms with van der Waals surface area (Å²) in [5.41, 5.74) is 0.402. The smallest absolute Gasteiger partial charge is 0.130 e. The van der Waals surface area contributed by atoms with Crippen LogP contribution in [-0.2, 0) is 11.3 Å². The molecule has 0 aliphatic rings. The minimum absolute atomic E-state index is 0.130. The summed E-state index contributed by atoms with van der Waals surface area (Å²) >= 11 is 0. The summed E-state index contributed by atoms with van der Waals surface area (Å²) in [6.07, 6.45) is 4.36.